The van der Waals surface area contributed by atoms with Crippen LogP contribution in [0.3, 0.4) is 0 Å². The molecule has 1 unspecified atom stereocenters. The summed E-state index contributed by atoms with van der Waals surface area (Å²) in [5.41, 5.74) is 6.94. The Morgan fingerprint density at radius 2 is 2.47 bits per heavy atom. The highest BCUT2D eigenvalue weighted by atomic mass is 35.5. The Bertz CT molecular complexity index is 359. The zero-order chi connectivity index (χ0) is 10.8. The van der Waals surface area contributed by atoms with Gasteiger partial charge in [0.2, 0.25) is 0 Å². The molecule has 1 aromatic rings. The molecule has 2 heterocycles. The van der Waals surface area contributed by atoms with Gasteiger partial charge >= 0.3 is 0 Å². The van der Waals surface area contributed by atoms with Gasteiger partial charge in [-0.15, -0.1) is 0 Å². The van der Waals surface area contributed by atoms with Crippen molar-refractivity contribution in [1.29, 1.82) is 0 Å². The lowest BCUT2D eigenvalue weighted by molar-refractivity contribution is -0.0230. The van der Waals surface area contributed by atoms with Crippen LogP contribution in [0.5, 0.6) is 0 Å². The molecule has 0 radical (unpaired) electrons. The Hall–Kier alpha value is -0.840. The zero-order valence-electron chi connectivity index (χ0n) is 8.61. The van der Waals surface area contributed by atoms with Gasteiger partial charge in [0.25, 0.3) is 0 Å². The molecule has 1 aliphatic heterocycles. The fourth-order valence-electron chi connectivity index (χ4n) is 1.64. The van der Waals surface area contributed by atoms with E-state index in [9.17, 15) is 0 Å². The molecular weight excluding hydrogens is 214 g/mol. The van der Waals surface area contributed by atoms with Crippen molar-refractivity contribution in [1.82, 2.24) is 9.88 Å². The molecule has 1 aliphatic rings. The first-order chi connectivity index (χ1) is 7.16. The number of morpholine rings is 1. The topological polar surface area (TPSA) is 51.4 Å². The summed E-state index contributed by atoms with van der Waals surface area (Å²) in [6, 6.07) is 1.71. The molecule has 0 aromatic carbocycles. The highest BCUT2D eigenvalue weighted by Gasteiger charge is 2.22. The monoisotopic (exact) mass is 227 g/mol. The molecule has 1 atom stereocenters. The van der Waals surface area contributed by atoms with Gasteiger partial charge in [0.1, 0.15) is 6.10 Å². The molecule has 15 heavy (non-hydrogen) atoms. The average molecular weight is 228 g/mol. The second-order valence-electron chi connectivity index (χ2n) is 3.76. The average Bonchev–Trinajstić information content (AvgIpc) is 2.17. The lowest BCUT2D eigenvalue weighted by atomic mass is 10.2. The van der Waals surface area contributed by atoms with Gasteiger partial charge in [0.15, 0.2) is 0 Å². The van der Waals surface area contributed by atoms with Gasteiger partial charge in [-0.2, -0.15) is 0 Å². The lowest BCUT2D eigenvalue weighted by Crippen LogP contribution is -2.35. The highest BCUT2D eigenvalue weighted by Crippen LogP contribution is 2.27. The quantitative estimate of drug-likeness (QED) is 0.786. The largest absolute Gasteiger partial charge is 0.397 e. The number of nitrogen functional groups attached to an aromatic ring is 1. The van der Waals surface area contributed by atoms with E-state index < -0.39 is 0 Å². The summed E-state index contributed by atoms with van der Waals surface area (Å²) in [5, 5.41) is 0.579. The lowest BCUT2D eigenvalue weighted by Gasteiger charge is -2.30. The maximum atomic E-state index is 6.07. The summed E-state index contributed by atoms with van der Waals surface area (Å²) in [5.74, 6) is 0. The standard InChI is InChI=1S/C10H14ClN3O/c1-14-2-3-15-9(6-14)10-8(11)4-7(12)5-13-10/h4-5,9H,2-3,6,12H2,1H3. The van der Waals surface area contributed by atoms with Gasteiger partial charge in [0, 0.05) is 13.1 Å². The first-order valence-corrected chi connectivity index (χ1v) is 5.25. The zero-order valence-corrected chi connectivity index (χ0v) is 9.37. The molecule has 0 amide bonds. The molecule has 0 saturated carbocycles. The van der Waals surface area contributed by atoms with Crippen LogP contribution in [0.1, 0.15) is 11.8 Å². The molecule has 5 heteroatoms. The summed E-state index contributed by atoms with van der Waals surface area (Å²) < 4.78 is 5.63. The molecule has 0 bridgehead atoms. The van der Waals surface area contributed by atoms with Gasteiger partial charge in [-0.25, -0.2) is 0 Å². The van der Waals surface area contributed by atoms with Crippen LogP contribution in [0.15, 0.2) is 12.3 Å². The molecule has 1 fully saturated rings. The molecule has 2 rings (SSSR count). The third-order valence-electron chi connectivity index (χ3n) is 2.47. The van der Waals surface area contributed by atoms with E-state index in [4.69, 9.17) is 22.1 Å². The normalized spacial score (nSPS) is 22.9. The highest BCUT2D eigenvalue weighted by molar-refractivity contribution is 6.31. The number of halogens is 1. The first-order valence-electron chi connectivity index (χ1n) is 4.88. The third kappa shape index (κ3) is 2.40. The van der Waals surface area contributed by atoms with Crippen LogP contribution < -0.4 is 5.73 Å². The Kier molecular flexibility index (Phi) is 3.09. The minimum atomic E-state index is -0.0446. The van der Waals surface area contributed by atoms with Crippen LogP contribution >= 0.6 is 11.6 Å². The molecule has 0 spiro atoms. The van der Waals surface area contributed by atoms with Crippen LogP contribution in [0.25, 0.3) is 0 Å². The van der Waals surface area contributed by atoms with Crippen molar-refractivity contribution in [3.63, 3.8) is 0 Å². The first kappa shape index (κ1) is 10.7. The van der Waals surface area contributed by atoms with Crippen molar-refractivity contribution in [2.75, 3.05) is 32.5 Å². The van der Waals surface area contributed by atoms with Crippen LogP contribution in [-0.2, 0) is 4.74 Å². The summed E-state index contributed by atoms with van der Waals surface area (Å²) in [6.07, 6.45) is 1.57. The Balaban J connectivity index is 2.21. The van der Waals surface area contributed by atoms with Crippen molar-refractivity contribution in [2.45, 2.75) is 6.10 Å². The number of hydrogen-bond donors (Lipinski definition) is 1. The SMILES string of the molecule is CN1CCOC(c2ncc(N)cc2Cl)C1. The second kappa shape index (κ2) is 4.35. The van der Waals surface area contributed by atoms with E-state index >= 15 is 0 Å². The van der Waals surface area contributed by atoms with Gasteiger partial charge in [-0.05, 0) is 13.1 Å². The Labute approximate surface area is 94.0 Å². The summed E-state index contributed by atoms with van der Waals surface area (Å²) in [6.45, 7) is 2.48. The fraction of sp³-hybridized carbons (Fsp3) is 0.500. The van der Waals surface area contributed by atoms with E-state index in [1.54, 1.807) is 12.3 Å². The minimum absolute atomic E-state index is 0.0446. The number of ether oxygens (including phenoxy) is 1. The molecule has 2 N–H and O–H groups in total. The van der Waals surface area contributed by atoms with Gasteiger partial charge < -0.3 is 15.4 Å². The molecule has 1 saturated heterocycles. The fourth-order valence-corrected chi connectivity index (χ4v) is 1.94. The predicted molar refractivity (Wildman–Crippen MR) is 59.8 cm³/mol. The van der Waals surface area contributed by atoms with Gasteiger partial charge in [-0.3, -0.25) is 4.98 Å². The van der Waals surface area contributed by atoms with Crippen molar-refractivity contribution >= 4 is 17.3 Å². The summed E-state index contributed by atoms with van der Waals surface area (Å²) >= 11 is 6.07. The number of aromatic nitrogens is 1. The second-order valence-corrected chi connectivity index (χ2v) is 4.16. The third-order valence-corrected chi connectivity index (χ3v) is 2.77. The Morgan fingerprint density at radius 1 is 1.67 bits per heavy atom. The molecular formula is C10H14ClN3O. The van der Waals surface area contributed by atoms with E-state index in [1.807, 2.05) is 0 Å². The summed E-state index contributed by atoms with van der Waals surface area (Å²) in [4.78, 5) is 6.42. The number of nitrogens with zero attached hydrogens (tertiary/aromatic N) is 2. The van der Waals surface area contributed by atoms with Crippen molar-refractivity contribution in [3.8, 4) is 0 Å². The maximum Gasteiger partial charge on any atom is 0.114 e. The van der Waals surface area contributed by atoms with Crippen LogP contribution in [0, 0.1) is 0 Å². The number of likely N-dealkylation sites (N-methyl/N-ethyl adjacent to an activating group) is 1. The van der Waals surface area contributed by atoms with E-state index in [0.717, 1.165) is 18.8 Å². The predicted octanol–water partition coefficient (Wildman–Crippen LogP) is 1.32. The molecule has 0 aliphatic carbocycles. The Morgan fingerprint density at radius 3 is 3.13 bits per heavy atom. The van der Waals surface area contributed by atoms with Crippen molar-refractivity contribution < 1.29 is 4.74 Å². The smallest absolute Gasteiger partial charge is 0.114 e. The molecule has 82 valence electrons. The van der Waals surface area contributed by atoms with Gasteiger partial charge in [0.05, 0.1) is 29.2 Å². The number of pyridine rings is 1. The van der Waals surface area contributed by atoms with E-state index in [1.165, 1.54) is 0 Å². The minimum Gasteiger partial charge on any atom is -0.397 e. The van der Waals surface area contributed by atoms with Crippen molar-refractivity contribution in [2.24, 2.45) is 0 Å². The molecule has 4 nitrogen and oxygen atoms in total. The number of rotatable bonds is 1. The maximum absolute atomic E-state index is 6.07. The van der Waals surface area contributed by atoms with E-state index in [-0.39, 0.29) is 6.10 Å². The van der Waals surface area contributed by atoms with Crippen LogP contribution in [0.4, 0.5) is 5.69 Å². The van der Waals surface area contributed by atoms with E-state index in [2.05, 4.69) is 16.9 Å². The van der Waals surface area contributed by atoms with Crippen LogP contribution in [0.2, 0.25) is 5.02 Å². The van der Waals surface area contributed by atoms with Crippen molar-refractivity contribution in [3.05, 3.63) is 23.0 Å². The summed E-state index contributed by atoms with van der Waals surface area (Å²) in [7, 11) is 2.06. The number of nitrogens with two attached hydrogens (primary N) is 1. The number of anilines is 1. The number of hydrogen-bond acceptors (Lipinski definition) is 4. The van der Waals surface area contributed by atoms with E-state index in [0.29, 0.717) is 17.3 Å². The molecule has 1 aromatic heterocycles. The van der Waals surface area contributed by atoms with Crippen LogP contribution in [-0.4, -0.2) is 36.6 Å². The van der Waals surface area contributed by atoms with Gasteiger partial charge in [-0.1, -0.05) is 11.6 Å².